The van der Waals surface area contributed by atoms with Crippen LogP contribution in [-0.4, -0.2) is 23.4 Å². The lowest BCUT2D eigenvalue weighted by Gasteiger charge is -2.15. The van der Waals surface area contributed by atoms with Crippen LogP contribution in [0, 0.1) is 16.0 Å². The number of nitro groups is 1. The van der Waals surface area contributed by atoms with E-state index in [0.29, 0.717) is 12.5 Å². The molecule has 6 nitrogen and oxygen atoms in total. The minimum absolute atomic E-state index is 0.0296. The Labute approximate surface area is 111 Å². The Hall–Kier alpha value is -1.95. The minimum atomic E-state index is -0.457. The fraction of sp³-hybridized carbons (Fsp3) is 0.462. The highest BCUT2D eigenvalue weighted by Gasteiger charge is 2.31. The average molecular weight is 263 g/mol. The molecule has 0 aliphatic heterocycles. The molecule has 1 aromatic carbocycles. The molecule has 1 saturated carbocycles. The molecular formula is C13H17N3O3. The van der Waals surface area contributed by atoms with Crippen LogP contribution in [0.4, 0.5) is 5.69 Å². The van der Waals surface area contributed by atoms with E-state index in [1.807, 2.05) is 0 Å². The van der Waals surface area contributed by atoms with Gasteiger partial charge in [-0.3, -0.25) is 14.9 Å². The number of non-ortho nitro benzene ring substituents is 1. The van der Waals surface area contributed by atoms with Gasteiger partial charge in [-0.1, -0.05) is 12.1 Å². The van der Waals surface area contributed by atoms with Gasteiger partial charge in [-0.15, -0.1) is 0 Å². The van der Waals surface area contributed by atoms with Crippen molar-refractivity contribution in [2.24, 2.45) is 11.7 Å². The SMILES string of the molecule is NCC(NC(=O)Cc1ccc([N+](=O)[O-])cc1)C1CC1. The van der Waals surface area contributed by atoms with E-state index in [9.17, 15) is 14.9 Å². The first kappa shape index (κ1) is 13.5. The van der Waals surface area contributed by atoms with E-state index in [4.69, 9.17) is 5.73 Å². The molecule has 0 bridgehead atoms. The molecule has 2 rings (SSSR count). The highest BCUT2D eigenvalue weighted by Crippen LogP contribution is 2.32. The normalized spacial score (nSPS) is 15.8. The largest absolute Gasteiger partial charge is 0.352 e. The van der Waals surface area contributed by atoms with Crippen molar-refractivity contribution in [3.63, 3.8) is 0 Å². The highest BCUT2D eigenvalue weighted by atomic mass is 16.6. The van der Waals surface area contributed by atoms with Crippen molar-refractivity contribution in [2.75, 3.05) is 6.54 Å². The van der Waals surface area contributed by atoms with Gasteiger partial charge in [0.05, 0.1) is 11.3 Å². The number of nitro benzene ring substituents is 1. The zero-order chi connectivity index (χ0) is 13.8. The second-order valence-electron chi connectivity index (χ2n) is 4.85. The predicted molar refractivity (Wildman–Crippen MR) is 70.5 cm³/mol. The number of hydrogen-bond donors (Lipinski definition) is 2. The van der Waals surface area contributed by atoms with Gasteiger partial charge in [-0.25, -0.2) is 0 Å². The summed E-state index contributed by atoms with van der Waals surface area (Å²) in [5.41, 5.74) is 6.41. The number of amides is 1. The van der Waals surface area contributed by atoms with Crippen LogP contribution in [0.1, 0.15) is 18.4 Å². The number of carbonyl (C=O) groups excluding carboxylic acids is 1. The van der Waals surface area contributed by atoms with Crippen molar-refractivity contribution >= 4 is 11.6 Å². The molecule has 6 heteroatoms. The molecule has 1 amide bonds. The Morgan fingerprint density at radius 3 is 2.53 bits per heavy atom. The number of carbonyl (C=O) groups is 1. The van der Waals surface area contributed by atoms with Crippen LogP contribution in [0.2, 0.25) is 0 Å². The molecule has 19 heavy (non-hydrogen) atoms. The number of nitrogens with zero attached hydrogens (tertiary/aromatic N) is 1. The molecule has 102 valence electrons. The quantitative estimate of drug-likeness (QED) is 0.590. The molecule has 0 aromatic heterocycles. The molecule has 0 radical (unpaired) electrons. The zero-order valence-corrected chi connectivity index (χ0v) is 10.5. The summed E-state index contributed by atoms with van der Waals surface area (Å²) in [7, 11) is 0. The molecule has 1 aliphatic carbocycles. The van der Waals surface area contributed by atoms with Crippen molar-refractivity contribution in [1.29, 1.82) is 0 Å². The molecule has 0 saturated heterocycles. The third kappa shape index (κ3) is 3.75. The molecular weight excluding hydrogens is 246 g/mol. The first-order valence-corrected chi connectivity index (χ1v) is 6.33. The van der Waals surface area contributed by atoms with Crippen molar-refractivity contribution in [1.82, 2.24) is 5.32 Å². The summed E-state index contributed by atoms with van der Waals surface area (Å²) in [6.07, 6.45) is 2.47. The maximum atomic E-state index is 11.8. The van der Waals surface area contributed by atoms with Crippen LogP contribution in [0.25, 0.3) is 0 Å². The Morgan fingerprint density at radius 2 is 2.05 bits per heavy atom. The standard InChI is InChI=1S/C13H17N3O3/c14-8-12(10-3-4-10)15-13(17)7-9-1-5-11(6-2-9)16(18)19/h1-2,5-6,10,12H,3-4,7-8,14H2,(H,15,17). The van der Waals surface area contributed by atoms with Gasteiger partial charge in [0.1, 0.15) is 0 Å². The summed E-state index contributed by atoms with van der Waals surface area (Å²) in [6.45, 7) is 0.455. The van der Waals surface area contributed by atoms with E-state index in [0.717, 1.165) is 18.4 Å². The van der Waals surface area contributed by atoms with E-state index in [1.165, 1.54) is 12.1 Å². The lowest BCUT2D eigenvalue weighted by Crippen LogP contribution is -2.42. The van der Waals surface area contributed by atoms with Crippen molar-refractivity contribution < 1.29 is 9.72 Å². The van der Waals surface area contributed by atoms with Gasteiger partial charge >= 0.3 is 0 Å². The van der Waals surface area contributed by atoms with E-state index < -0.39 is 4.92 Å². The Kier molecular flexibility index (Phi) is 4.11. The first-order chi connectivity index (χ1) is 9.10. The molecule has 1 aliphatic rings. The van der Waals surface area contributed by atoms with Crippen LogP contribution in [0.3, 0.4) is 0 Å². The fourth-order valence-electron chi connectivity index (χ4n) is 2.05. The summed E-state index contributed by atoms with van der Waals surface area (Å²) >= 11 is 0. The van der Waals surface area contributed by atoms with E-state index in [2.05, 4.69) is 5.32 Å². The number of nitrogens with two attached hydrogens (primary N) is 1. The second kappa shape index (κ2) is 5.79. The van der Waals surface area contributed by atoms with Crippen LogP contribution in [0.15, 0.2) is 24.3 Å². The number of hydrogen-bond acceptors (Lipinski definition) is 4. The summed E-state index contributed by atoms with van der Waals surface area (Å²) in [4.78, 5) is 21.9. The van der Waals surface area contributed by atoms with Gasteiger partial charge in [-0.05, 0) is 24.3 Å². The maximum Gasteiger partial charge on any atom is 0.269 e. The van der Waals surface area contributed by atoms with Gasteiger partial charge in [0.2, 0.25) is 5.91 Å². The van der Waals surface area contributed by atoms with Crippen LogP contribution < -0.4 is 11.1 Å². The van der Waals surface area contributed by atoms with Gasteiger partial charge in [-0.2, -0.15) is 0 Å². The number of rotatable bonds is 6. The van der Waals surface area contributed by atoms with Crippen LogP contribution in [-0.2, 0) is 11.2 Å². The number of nitrogens with one attached hydrogen (secondary N) is 1. The molecule has 1 aromatic rings. The third-order valence-corrected chi connectivity index (χ3v) is 3.30. The van der Waals surface area contributed by atoms with E-state index in [1.54, 1.807) is 12.1 Å². The van der Waals surface area contributed by atoms with E-state index in [-0.39, 0.29) is 24.1 Å². The minimum Gasteiger partial charge on any atom is -0.352 e. The Morgan fingerprint density at radius 1 is 1.42 bits per heavy atom. The molecule has 0 spiro atoms. The smallest absolute Gasteiger partial charge is 0.269 e. The third-order valence-electron chi connectivity index (χ3n) is 3.30. The maximum absolute atomic E-state index is 11.8. The van der Waals surface area contributed by atoms with Crippen molar-refractivity contribution in [3.8, 4) is 0 Å². The molecule has 0 heterocycles. The first-order valence-electron chi connectivity index (χ1n) is 6.33. The van der Waals surface area contributed by atoms with Gasteiger partial charge in [0.15, 0.2) is 0 Å². The Balaban J connectivity index is 1.89. The number of benzene rings is 1. The summed E-state index contributed by atoms with van der Waals surface area (Å²) in [6, 6.07) is 6.08. The average Bonchev–Trinajstić information content (AvgIpc) is 3.21. The van der Waals surface area contributed by atoms with Gasteiger partial charge < -0.3 is 11.1 Å². The monoisotopic (exact) mass is 263 g/mol. The summed E-state index contributed by atoms with van der Waals surface area (Å²) in [5.74, 6) is 0.432. The fourth-order valence-corrected chi connectivity index (χ4v) is 2.05. The summed E-state index contributed by atoms with van der Waals surface area (Å²) < 4.78 is 0. The predicted octanol–water partition coefficient (Wildman–Crippen LogP) is 0.991. The molecule has 1 atom stereocenters. The summed E-state index contributed by atoms with van der Waals surface area (Å²) in [5, 5.41) is 13.4. The van der Waals surface area contributed by atoms with Crippen molar-refractivity contribution in [2.45, 2.75) is 25.3 Å². The second-order valence-corrected chi connectivity index (χ2v) is 4.85. The van der Waals surface area contributed by atoms with Gasteiger partial charge in [0, 0.05) is 24.7 Å². The van der Waals surface area contributed by atoms with Gasteiger partial charge in [0.25, 0.3) is 5.69 Å². The molecule has 1 fully saturated rings. The lowest BCUT2D eigenvalue weighted by atomic mass is 10.1. The van der Waals surface area contributed by atoms with Crippen molar-refractivity contribution in [3.05, 3.63) is 39.9 Å². The molecule has 3 N–H and O–H groups in total. The van der Waals surface area contributed by atoms with E-state index >= 15 is 0 Å². The van der Waals surface area contributed by atoms with Crippen LogP contribution >= 0.6 is 0 Å². The zero-order valence-electron chi connectivity index (χ0n) is 10.5. The Bertz CT molecular complexity index is 469. The topological polar surface area (TPSA) is 98.3 Å². The highest BCUT2D eigenvalue weighted by molar-refractivity contribution is 5.79. The lowest BCUT2D eigenvalue weighted by molar-refractivity contribution is -0.384. The van der Waals surface area contributed by atoms with Crippen LogP contribution in [0.5, 0.6) is 0 Å². The molecule has 1 unspecified atom stereocenters.